The van der Waals surface area contributed by atoms with Crippen molar-refractivity contribution in [2.24, 2.45) is 5.41 Å². The molecular weight excluding hydrogens is 336 g/mol. The quantitative estimate of drug-likeness (QED) is 0.771. The molecule has 1 aliphatic carbocycles. The monoisotopic (exact) mass is 354 g/mol. The molecule has 114 valence electrons. The highest BCUT2D eigenvalue weighted by Crippen LogP contribution is 2.37. The summed E-state index contributed by atoms with van der Waals surface area (Å²) in [6, 6.07) is 4.44. The Morgan fingerprint density at radius 1 is 1.33 bits per heavy atom. The van der Waals surface area contributed by atoms with Crippen LogP contribution < -0.4 is 10.6 Å². The first kappa shape index (κ1) is 15.8. The molecule has 1 fully saturated rings. The first-order valence-electron chi connectivity index (χ1n) is 6.89. The molecule has 1 saturated carbocycles. The minimum Gasteiger partial charge on any atom is -0.478 e. The summed E-state index contributed by atoms with van der Waals surface area (Å²) in [6.45, 7) is 4.29. The first-order chi connectivity index (χ1) is 9.78. The lowest BCUT2D eigenvalue weighted by molar-refractivity contribution is 0.0697. The van der Waals surface area contributed by atoms with E-state index in [9.17, 15) is 9.59 Å². The highest BCUT2D eigenvalue weighted by Gasteiger charge is 2.35. The Morgan fingerprint density at radius 3 is 2.62 bits per heavy atom. The smallest absolute Gasteiger partial charge is 0.335 e. The van der Waals surface area contributed by atoms with Gasteiger partial charge in [0, 0.05) is 16.2 Å². The van der Waals surface area contributed by atoms with E-state index in [4.69, 9.17) is 5.11 Å². The summed E-state index contributed by atoms with van der Waals surface area (Å²) in [5, 5.41) is 14.7. The molecular formula is C15H19BrN2O3. The van der Waals surface area contributed by atoms with Gasteiger partial charge in [0.2, 0.25) is 0 Å². The van der Waals surface area contributed by atoms with E-state index in [2.05, 4.69) is 40.4 Å². The van der Waals surface area contributed by atoms with E-state index < -0.39 is 5.97 Å². The molecule has 0 bridgehead atoms. The number of anilines is 1. The number of benzene rings is 1. The van der Waals surface area contributed by atoms with Crippen LogP contribution in [-0.4, -0.2) is 23.1 Å². The number of carbonyl (C=O) groups is 2. The number of carboxylic acids is 1. The summed E-state index contributed by atoms with van der Waals surface area (Å²) >= 11 is 3.24. The largest absolute Gasteiger partial charge is 0.478 e. The number of aromatic carboxylic acids is 1. The molecule has 1 aromatic carbocycles. The summed E-state index contributed by atoms with van der Waals surface area (Å²) in [5.74, 6) is -1.03. The molecule has 1 atom stereocenters. The van der Waals surface area contributed by atoms with Crippen molar-refractivity contribution < 1.29 is 14.7 Å². The maximum Gasteiger partial charge on any atom is 0.335 e. The highest BCUT2D eigenvalue weighted by molar-refractivity contribution is 9.10. The number of nitrogens with one attached hydrogen (secondary N) is 2. The molecule has 1 unspecified atom stereocenters. The molecule has 3 N–H and O–H groups in total. The molecule has 2 rings (SSSR count). The van der Waals surface area contributed by atoms with Gasteiger partial charge in [-0.3, -0.25) is 0 Å². The van der Waals surface area contributed by atoms with Gasteiger partial charge in [-0.05, 0) is 36.5 Å². The van der Waals surface area contributed by atoms with Gasteiger partial charge in [0.25, 0.3) is 0 Å². The third-order valence-corrected chi connectivity index (χ3v) is 4.42. The second-order valence-electron chi connectivity index (χ2n) is 6.07. The molecule has 21 heavy (non-hydrogen) atoms. The van der Waals surface area contributed by atoms with Crippen LogP contribution in [0.5, 0.6) is 0 Å². The molecule has 0 radical (unpaired) electrons. The minimum atomic E-state index is -1.03. The van der Waals surface area contributed by atoms with Crippen LogP contribution in [0.1, 0.15) is 43.5 Å². The van der Waals surface area contributed by atoms with Crippen molar-refractivity contribution in [3.8, 4) is 0 Å². The summed E-state index contributed by atoms with van der Waals surface area (Å²) in [7, 11) is 0. The molecule has 0 saturated heterocycles. The zero-order chi connectivity index (χ0) is 15.6. The van der Waals surface area contributed by atoms with Gasteiger partial charge >= 0.3 is 12.0 Å². The Balaban J connectivity index is 2.04. The van der Waals surface area contributed by atoms with Crippen molar-refractivity contribution in [3.63, 3.8) is 0 Å². The topological polar surface area (TPSA) is 78.4 Å². The second kappa shape index (κ2) is 6.05. The van der Waals surface area contributed by atoms with Gasteiger partial charge < -0.3 is 15.7 Å². The number of urea groups is 1. The standard InChI is InChI=1S/C15H19BrN2O3/c1-15(2)5-3-4-12(15)18-14(21)17-11-7-9(13(19)20)6-10(16)8-11/h6-8,12H,3-5H2,1-2H3,(H,19,20)(H2,17,18,21). The summed E-state index contributed by atoms with van der Waals surface area (Å²) in [6.07, 6.45) is 3.18. The van der Waals surface area contributed by atoms with Crippen molar-refractivity contribution in [1.82, 2.24) is 5.32 Å². The van der Waals surface area contributed by atoms with Gasteiger partial charge in [0.15, 0.2) is 0 Å². The Morgan fingerprint density at radius 2 is 2.05 bits per heavy atom. The highest BCUT2D eigenvalue weighted by atomic mass is 79.9. The lowest BCUT2D eigenvalue weighted by atomic mass is 9.87. The van der Waals surface area contributed by atoms with E-state index >= 15 is 0 Å². The van der Waals surface area contributed by atoms with E-state index in [1.165, 1.54) is 12.1 Å². The summed E-state index contributed by atoms with van der Waals surface area (Å²) < 4.78 is 0.610. The van der Waals surface area contributed by atoms with Crippen LogP contribution in [0.4, 0.5) is 10.5 Å². The average Bonchev–Trinajstić information content (AvgIpc) is 2.67. The normalized spacial score (nSPS) is 20.0. The average molecular weight is 355 g/mol. The fraction of sp³-hybridized carbons (Fsp3) is 0.467. The zero-order valence-electron chi connectivity index (χ0n) is 12.1. The molecule has 1 aromatic rings. The Hall–Kier alpha value is -1.56. The van der Waals surface area contributed by atoms with E-state index in [-0.39, 0.29) is 23.1 Å². The van der Waals surface area contributed by atoms with E-state index in [1.807, 2.05) is 0 Å². The van der Waals surface area contributed by atoms with Gasteiger partial charge in [0.1, 0.15) is 0 Å². The molecule has 6 heteroatoms. The van der Waals surface area contributed by atoms with Crippen LogP contribution in [0.3, 0.4) is 0 Å². The molecule has 0 aliphatic heterocycles. The summed E-state index contributed by atoms with van der Waals surface area (Å²) in [5.41, 5.74) is 0.678. The third-order valence-electron chi connectivity index (χ3n) is 3.97. The maximum atomic E-state index is 12.1. The van der Waals surface area contributed by atoms with Crippen molar-refractivity contribution in [2.75, 3.05) is 5.32 Å². The van der Waals surface area contributed by atoms with E-state index in [0.29, 0.717) is 10.2 Å². The number of carboxylic acid groups (broad SMARTS) is 1. The zero-order valence-corrected chi connectivity index (χ0v) is 13.7. The van der Waals surface area contributed by atoms with Crippen LogP contribution in [0.15, 0.2) is 22.7 Å². The predicted molar refractivity (Wildman–Crippen MR) is 84.7 cm³/mol. The van der Waals surface area contributed by atoms with Crippen molar-refractivity contribution in [2.45, 2.75) is 39.2 Å². The number of hydrogen-bond donors (Lipinski definition) is 3. The number of amides is 2. The van der Waals surface area contributed by atoms with Crippen LogP contribution in [-0.2, 0) is 0 Å². The Bertz CT molecular complexity index is 572. The van der Waals surface area contributed by atoms with Gasteiger partial charge in [0.05, 0.1) is 5.56 Å². The number of carbonyl (C=O) groups excluding carboxylic acids is 1. The molecule has 1 aliphatic rings. The van der Waals surface area contributed by atoms with Gasteiger partial charge in [-0.1, -0.05) is 36.2 Å². The van der Waals surface area contributed by atoms with Crippen LogP contribution in [0.25, 0.3) is 0 Å². The van der Waals surface area contributed by atoms with Crippen molar-refractivity contribution in [3.05, 3.63) is 28.2 Å². The Kier molecular flexibility index (Phi) is 4.56. The first-order valence-corrected chi connectivity index (χ1v) is 7.69. The fourth-order valence-electron chi connectivity index (χ4n) is 2.71. The molecule has 0 heterocycles. The molecule has 0 spiro atoms. The molecule has 0 aromatic heterocycles. The van der Waals surface area contributed by atoms with Gasteiger partial charge in [-0.25, -0.2) is 9.59 Å². The Labute approximate surface area is 132 Å². The fourth-order valence-corrected chi connectivity index (χ4v) is 3.20. The van der Waals surface area contributed by atoms with Crippen LogP contribution in [0, 0.1) is 5.41 Å². The van der Waals surface area contributed by atoms with Crippen molar-refractivity contribution in [1.29, 1.82) is 0 Å². The van der Waals surface area contributed by atoms with Crippen LogP contribution in [0.2, 0.25) is 0 Å². The lowest BCUT2D eigenvalue weighted by Gasteiger charge is -2.27. The lowest BCUT2D eigenvalue weighted by Crippen LogP contribution is -2.43. The third kappa shape index (κ3) is 3.97. The van der Waals surface area contributed by atoms with Crippen molar-refractivity contribution >= 4 is 33.6 Å². The second-order valence-corrected chi connectivity index (χ2v) is 6.98. The maximum absolute atomic E-state index is 12.1. The minimum absolute atomic E-state index is 0.0981. The van der Waals surface area contributed by atoms with Gasteiger partial charge in [-0.15, -0.1) is 0 Å². The number of rotatable bonds is 3. The van der Waals surface area contributed by atoms with E-state index in [1.54, 1.807) is 6.07 Å². The van der Waals surface area contributed by atoms with Gasteiger partial charge in [-0.2, -0.15) is 0 Å². The molecule has 5 nitrogen and oxygen atoms in total. The van der Waals surface area contributed by atoms with Crippen LogP contribution >= 0.6 is 15.9 Å². The predicted octanol–water partition coefficient (Wildman–Crippen LogP) is 3.85. The summed E-state index contributed by atoms with van der Waals surface area (Å²) in [4.78, 5) is 23.1. The SMILES string of the molecule is CC1(C)CCCC1NC(=O)Nc1cc(Br)cc(C(=O)O)c1. The van der Waals surface area contributed by atoms with E-state index in [0.717, 1.165) is 19.3 Å². The molecule has 2 amide bonds. The number of halogens is 1. The number of hydrogen-bond acceptors (Lipinski definition) is 2.